The van der Waals surface area contributed by atoms with E-state index in [1.165, 1.54) is 18.2 Å². The Labute approximate surface area is 184 Å². The lowest BCUT2D eigenvalue weighted by molar-refractivity contribution is 0.0231. The molecule has 0 atom stereocenters. The van der Waals surface area contributed by atoms with Gasteiger partial charge in [-0.25, -0.2) is 9.37 Å². The van der Waals surface area contributed by atoms with Crippen molar-refractivity contribution in [2.45, 2.75) is 31.5 Å². The molecule has 6 nitrogen and oxygen atoms in total. The fraction of sp³-hybridized carbons (Fsp3) is 0.280. The van der Waals surface area contributed by atoms with Crippen molar-refractivity contribution in [1.29, 1.82) is 0 Å². The van der Waals surface area contributed by atoms with Gasteiger partial charge in [0.1, 0.15) is 24.0 Å². The van der Waals surface area contributed by atoms with Crippen molar-refractivity contribution >= 4 is 11.0 Å². The molecule has 7 heteroatoms. The number of imidazole rings is 1. The van der Waals surface area contributed by atoms with Crippen LogP contribution in [0.25, 0.3) is 16.7 Å². The third kappa shape index (κ3) is 3.80. The quantitative estimate of drug-likeness (QED) is 0.454. The molecule has 1 saturated carbocycles. The van der Waals surface area contributed by atoms with Crippen LogP contribution in [0.4, 0.5) is 4.39 Å². The Kier molecular flexibility index (Phi) is 5.27. The smallest absolute Gasteiger partial charge is 0.258 e. The van der Waals surface area contributed by atoms with E-state index in [4.69, 9.17) is 14.5 Å². The van der Waals surface area contributed by atoms with E-state index in [0.29, 0.717) is 17.8 Å². The second-order valence-electron chi connectivity index (χ2n) is 8.21. The van der Waals surface area contributed by atoms with Gasteiger partial charge in [0.2, 0.25) is 0 Å². The summed E-state index contributed by atoms with van der Waals surface area (Å²) in [5.74, 6) is 1.64. The minimum atomic E-state index is -0.291. The summed E-state index contributed by atoms with van der Waals surface area (Å²) in [7, 11) is 3.77. The lowest BCUT2D eigenvalue weighted by Crippen LogP contribution is -2.30. The van der Waals surface area contributed by atoms with Crippen molar-refractivity contribution in [3.8, 4) is 11.4 Å². The number of hydrogen-bond donors (Lipinski definition) is 0. The van der Waals surface area contributed by atoms with Crippen LogP contribution in [0.1, 0.15) is 30.1 Å². The van der Waals surface area contributed by atoms with Crippen LogP contribution in [-0.2, 0) is 18.4 Å². The van der Waals surface area contributed by atoms with Crippen LogP contribution in [0.2, 0.25) is 0 Å². The van der Waals surface area contributed by atoms with Gasteiger partial charge in [-0.2, -0.15) is 0 Å². The van der Waals surface area contributed by atoms with Gasteiger partial charge in [0.15, 0.2) is 0 Å². The molecule has 32 heavy (non-hydrogen) atoms. The third-order valence-electron chi connectivity index (χ3n) is 6.18. The van der Waals surface area contributed by atoms with Crippen LogP contribution in [0.3, 0.4) is 0 Å². The number of aryl methyl sites for hydroxylation is 1. The number of aromatic nitrogens is 3. The number of methoxy groups -OCH3 is 1. The number of nitrogens with zero attached hydrogens (tertiary/aromatic N) is 3. The molecule has 0 radical (unpaired) electrons. The Balaban J connectivity index is 1.37. The summed E-state index contributed by atoms with van der Waals surface area (Å²) >= 11 is 0. The molecule has 0 bridgehead atoms. The predicted molar refractivity (Wildman–Crippen MR) is 120 cm³/mol. The van der Waals surface area contributed by atoms with E-state index in [1.807, 2.05) is 25.2 Å². The van der Waals surface area contributed by atoms with Crippen molar-refractivity contribution in [2.24, 2.45) is 7.05 Å². The fourth-order valence-corrected chi connectivity index (χ4v) is 4.19. The first-order chi connectivity index (χ1) is 15.5. The maximum Gasteiger partial charge on any atom is 0.258 e. The van der Waals surface area contributed by atoms with Crippen LogP contribution in [0, 0.1) is 5.82 Å². The second-order valence-corrected chi connectivity index (χ2v) is 8.21. The Morgan fingerprint density at radius 1 is 1.09 bits per heavy atom. The Hall–Kier alpha value is -3.45. The van der Waals surface area contributed by atoms with Gasteiger partial charge in [-0.3, -0.25) is 9.36 Å². The molecule has 2 aromatic carbocycles. The standard InChI is InChI=1S/C25H24FN3O3/c1-28-23-13-19(7-8-22(23)27-25(28)17-11-21(12-17)31-2)29-10-9-20(14-24(29)30)32-15-16-3-5-18(26)6-4-16/h3-10,13-14,17,21H,11-12,15H2,1-2H3. The van der Waals surface area contributed by atoms with Crippen molar-refractivity contribution in [3.63, 3.8) is 0 Å². The van der Waals surface area contributed by atoms with Gasteiger partial charge in [-0.15, -0.1) is 0 Å². The van der Waals surface area contributed by atoms with Crippen LogP contribution < -0.4 is 10.3 Å². The van der Waals surface area contributed by atoms with E-state index < -0.39 is 0 Å². The monoisotopic (exact) mass is 433 g/mol. The second kappa shape index (κ2) is 8.24. The topological polar surface area (TPSA) is 58.3 Å². The molecular formula is C25H24FN3O3. The van der Waals surface area contributed by atoms with Crippen molar-refractivity contribution in [1.82, 2.24) is 14.1 Å². The molecule has 0 saturated heterocycles. The summed E-state index contributed by atoms with van der Waals surface area (Å²) < 4.78 is 27.8. The van der Waals surface area contributed by atoms with Crippen LogP contribution >= 0.6 is 0 Å². The lowest BCUT2D eigenvalue weighted by Gasteiger charge is -2.33. The van der Waals surface area contributed by atoms with E-state index in [9.17, 15) is 9.18 Å². The maximum absolute atomic E-state index is 13.0. The van der Waals surface area contributed by atoms with Gasteiger partial charge in [-0.05, 0) is 54.8 Å². The van der Waals surface area contributed by atoms with E-state index in [1.54, 1.807) is 36.1 Å². The molecular weight excluding hydrogens is 409 g/mol. The molecule has 2 heterocycles. The molecule has 0 aliphatic heterocycles. The molecule has 0 N–H and O–H groups in total. The zero-order valence-corrected chi connectivity index (χ0v) is 18.0. The molecule has 1 fully saturated rings. The molecule has 164 valence electrons. The first-order valence-electron chi connectivity index (χ1n) is 10.6. The Bertz CT molecular complexity index is 1320. The first kappa shape index (κ1) is 20.5. The summed E-state index contributed by atoms with van der Waals surface area (Å²) in [6.45, 7) is 0.262. The number of benzene rings is 2. The van der Waals surface area contributed by atoms with Gasteiger partial charge in [0.05, 0.1) is 22.8 Å². The van der Waals surface area contributed by atoms with Crippen molar-refractivity contribution < 1.29 is 13.9 Å². The molecule has 0 unspecified atom stereocenters. The lowest BCUT2D eigenvalue weighted by atomic mass is 9.81. The van der Waals surface area contributed by atoms with Gasteiger partial charge < -0.3 is 14.0 Å². The minimum Gasteiger partial charge on any atom is -0.489 e. The van der Waals surface area contributed by atoms with Crippen molar-refractivity contribution in [2.75, 3.05) is 7.11 Å². The van der Waals surface area contributed by atoms with E-state index in [2.05, 4.69) is 4.57 Å². The molecule has 0 amide bonds. The summed E-state index contributed by atoms with van der Waals surface area (Å²) in [5, 5.41) is 0. The minimum absolute atomic E-state index is 0.190. The average Bonchev–Trinajstić information content (AvgIpc) is 3.08. The summed E-state index contributed by atoms with van der Waals surface area (Å²) in [5.41, 5.74) is 3.31. The highest BCUT2D eigenvalue weighted by Crippen LogP contribution is 2.38. The zero-order valence-electron chi connectivity index (χ0n) is 18.0. The van der Waals surface area contributed by atoms with Gasteiger partial charge in [0.25, 0.3) is 5.56 Å². The van der Waals surface area contributed by atoms with Crippen LogP contribution in [-0.4, -0.2) is 27.3 Å². The molecule has 1 aliphatic carbocycles. The summed E-state index contributed by atoms with van der Waals surface area (Å²) in [4.78, 5) is 17.6. The number of ether oxygens (including phenoxy) is 2. The van der Waals surface area contributed by atoms with Crippen molar-refractivity contribution in [3.05, 3.63) is 88.4 Å². The van der Waals surface area contributed by atoms with Crippen LogP contribution in [0.15, 0.2) is 65.6 Å². The van der Waals surface area contributed by atoms with Gasteiger partial charge in [-0.1, -0.05) is 12.1 Å². The number of hydrogen-bond acceptors (Lipinski definition) is 4. The fourth-order valence-electron chi connectivity index (χ4n) is 4.19. The Morgan fingerprint density at radius 2 is 1.88 bits per heavy atom. The first-order valence-corrected chi connectivity index (χ1v) is 10.6. The highest BCUT2D eigenvalue weighted by molar-refractivity contribution is 5.78. The van der Waals surface area contributed by atoms with Gasteiger partial charge in [0, 0.05) is 32.3 Å². The molecule has 0 spiro atoms. The van der Waals surface area contributed by atoms with Crippen LogP contribution in [0.5, 0.6) is 5.75 Å². The molecule has 1 aliphatic rings. The highest BCUT2D eigenvalue weighted by atomic mass is 19.1. The number of rotatable bonds is 6. The number of fused-ring (bicyclic) bond motifs is 1. The molecule has 4 aromatic rings. The van der Waals surface area contributed by atoms with E-state index in [-0.39, 0.29) is 18.0 Å². The maximum atomic E-state index is 13.0. The molecule has 5 rings (SSSR count). The average molecular weight is 433 g/mol. The Morgan fingerprint density at radius 3 is 2.59 bits per heavy atom. The summed E-state index contributed by atoms with van der Waals surface area (Å²) in [6.07, 6.45) is 3.99. The predicted octanol–water partition coefficient (Wildman–Crippen LogP) is 4.33. The number of pyridine rings is 1. The van der Waals surface area contributed by atoms with Gasteiger partial charge >= 0.3 is 0 Å². The number of halogens is 1. The molecule has 2 aromatic heterocycles. The van der Waals surface area contributed by atoms with E-state index >= 15 is 0 Å². The van der Waals surface area contributed by atoms with E-state index in [0.717, 1.165) is 41.0 Å². The zero-order chi connectivity index (χ0) is 22.2. The summed E-state index contributed by atoms with van der Waals surface area (Å²) in [6, 6.07) is 15.1. The third-order valence-corrected chi connectivity index (χ3v) is 6.18. The highest BCUT2D eigenvalue weighted by Gasteiger charge is 2.33. The largest absolute Gasteiger partial charge is 0.489 e. The SMILES string of the molecule is COC1CC(c2nc3ccc(-n4ccc(OCc5ccc(F)cc5)cc4=O)cc3n2C)C1. The normalized spacial score (nSPS) is 18.0.